The lowest BCUT2D eigenvalue weighted by Gasteiger charge is -2.04. The Morgan fingerprint density at radius 1 is 0.667 bits per heavy atom. The minimum atomic E-state index is -0.632. The average Bonchev–Trinajstić information content (AvgIpc) is 2.39. The van der Waals surface area contributed by atoms with E-state index in [4.69, 9.17) is 0 Å². The van der Waals surface area contributed by atoms with E-state index in [1.54, 1.807) is 48.5 Å². The molecule has 0 amide bonds. The smallest absolute Gasteiger partial charge is 0.162 e. The van der Waals surface area contributed by atoms with Gasteiger partial charge in [-0.05, 0) is 35.4 Å². The van der Waals surface area contributed by atoms with E-state index >= 15 is 0 Å². The number of nitrogens with zero attached hydrogens (tertiary/aromatic N) is 2. The largest absolute Gasteiger partial charge is 0.235 e. The van der Waals surface area contributed by atoms with Crippen LogP contribution in [0.25, 0.3) is 11.1 Å². The van der Waals surface area contributed by atoms with Gasteiger partial charge in [-0.25, -0.2) is 20.2 Å². The van der Waals surface area contributed by atoms with E-state index < -0.39 is 10.1 Å². The Kier molecular flexibility index (Phi) is 5.44. The first kappa shape index (κ1) is 16.2. The zero-order valence-corrected chi connectivity index (χ0v) is 11.4. The van der Waals surface area contributed by atoms with Gasteiger partial charge < -0.3 is 0 Å². The van der Waals surface area contributed by atoms with Gasteiger partial charge in [-0.1, -0.05) is 24.3 Å². The molecule has 9 heteroatoms. The fourth-order valence-electron chi connectivity index (χ4n) is 1.69. The Balaban J connectivity index is 0.00000220. The third-order valence-electron chi connectivity index (χ3n) is 2.54. The Morgan fingerprint density at radius 2 is 0.952 bits per heavy atom. The van der Waals surface area contributed by atoms with Crippen LogP contribution in [0.2, 0.25) is 0 Å². The zero-order valence-electron chi connectivity index (χ0n) is 10.6. The third-order valence-corrected chi connectivity index (χ3v) is 2.54. The fourth-order valence-corrected chi connectivity index (χ4v) is 1.69. The van der Waals surface area contributed by atoms with E-state index in [0.29, 0.717) is 11.4 Å². The molecule has 0 saturated heterocycles. The van der Waals surface area contributed by atoms with E-state index in [1.165, 1.54) is 0 Å². The maximum absolute atomic E-state index is 10.3. The molecule has 0 bridgehead atoms. The van der Waals surface area contributed by atoms with Crippen molar-refractivity contribution in [2.45, 2.75) is 0 Å². The van der Waals surface area contributed by atoms with Crippen molar-refractivity contribution in [3.63, 3.8) is 0 Å². The summed E-state index contributed by atoms with van der Waals surface area (Å²) in [5.41, 5.74) is 6.57. The minimum Gasteiger partial charge on any atom is -0.235 e. The minimum absolute atomic E-state index is 0. The highest BCUT2D eigenvalue weighted by atomic mass is 35.5. The molecule has 2 rings (SSSR count). The van der Waals surface area contributed by atoms with Crippen LogP contribution in [0.5, 0.6) is 0 Å². The monoisotopic (exact) mass is 310 g/mol. The molecule has 2 N–H and O–H groups in total. The number of rotatable bonds is 5. The van der Waals surface area contributed by atoms with Gasteiger partial charge in [0.2, 0.25) is 0 Å². The van der Waals surface area contributed by atoms with Gasteiger partial charge in [-0.2, -0.15) is 0 Å². The van der Waals surface area contributed by atoms with Gasteiger partial charge in [0.05, 0.1) is 0 Å². The molecule has 0 fully saturated rings. The molecular formula is C12H11ClN4O4. The highest BCUT2D eigenvalue weighted by Gasteiger charge is 2.03. The van der Waals surface area contributed by atoms with Crippen molar-refractivity contribution in [1.82, 2.24) is 0 Å². The Bertz CT molecular complexity index is 573. The van der Waals surface area contributed by atoms with Crippen LogP contribution in [-0.2, 0) is 0 Å². The number of anilines is 2. The van der Waals surface area contributed by atoms with Crippen LogP contribution in [0.4, 0.5) is 11.4 Å². The van der Waals surface area contributed by atoms with Crippen LogP contribution in [-0.4, -0.2) is 10.1 Å². The topological polar surface area (TPSA) is 110 Å². The maximum atomic E-state index is 10.3. The van der Waals surface area contributed by atoms with Crippen LogP contribution in [0.15, 0.2) is 48.5 Å². The summed E-state index contributed by atoms with van der Waals surface area (Å²) in [6.45, 7) is 0. The number of hydrogen-bond donors (Lipinski definition) is 2. The molecule has 0 spiro atoms. The van der Waals surface area contributed by atoms with Gasteiger partial charge in [0, 0.05) is 0 Å². The summed E-state index contributed by atoms with van der Waals surface area (Å²) in [5, 5.41) is 19.3. The summed E-state index contributed by atoms with van der Waals surface area (Å²) in [5.74, 6) is 0. The van der Waals surface area contributed by atoms with Crippen molar-refractivity contribution in [3.8, 4) is 11.1 Å². The van der Waals surface area contributed by atoms with E-state index in [-0.39, 0.29) is 12.4 Å². The molecule has 2 aromatic rings. The Morgan fingerprint density at radius 3 is 1.19 bits per heavy atom. The Labute approximate surface area is 125 Å². The second-order valence-corrected chi connectivity index (χ2v) is 3.89. The number of hydrazine groups is 2. The summed E-state index contributed by atoms with van der Waals surface area (Å²) in [4.78, 5) is 20.6. The highest BCUT2D eigenvalue weighted by Crippen LogP contribution is 2.23. The van der Waals surface area contributed by atoms with Gasteiger partial charge in [0.1, 0.15) is 11.4 Å². The number of nitro groups is 2. The molecule has 0 heterocycles. The number of nitrogens with one attached hydrogen (secondary N) is 2. The van der Waals surface area contributed by atoms with Crippen molar-refractivity contribution >= 4 is 23.8 Å². The first-order valence-corrected chi connectivity index (χ1v) is 5.57. The maximum Gasteiger partial charge on any atom is 0.162 e. The van der Waals surface area contributed by atoms with Crippen molar-refractivity contribution in [2.75, 3.05) is 10.9 Å². The predicted molar refractivity (Wildman–Crippen MR) is 80.4 cm³/mol. The molecule has 0 aromatic heterocycles. The second-order valence-electron chi connectivity index (χ2n) is 3.89. The van der Waals surface area contributed by atoms with Crippen LogP contribution >= 0.6 is 12.4 Å². The van der Waals surface area contributed by atoms with Crippen LogP contribution in [0.1, 0.15) is 0 Å². The lowest BCUT2D eigenvalue weighted by Crippen LogP contribution is -2.07. The van der Waals surface area contributed by atoms with E-state index in [9.17, 15) is 20.2 Å². The van der Waals surface area contributed by atoms with Crippen molar-refractivity contribution in [1.29, 1.82) is 0 Å². The normalized spacial score (nSPS) is 9.33. The molecule has 0 unspecified atom stereocenters. The molecule has 0 atom stereocenters. The third kappa shape index (κ3) is 4.62. The summed E-state index contributed by atoms with van der Waals surface area (Å²) >= 11 is 0. The lowest BCUT2D eigenvalue weighted by molar-refractivity contribution is -0.445. The SMILES string of the molecule is Cl.O=[N+]([O-])Nc1ccc(-c2ccc(N[N+](=O)[O-])cc2)cc1. The van der Waals surface area contributed by atoms with Gasteiger partial charge in [0.25, 0.3) is 0 Å². The van der Waals surface area contributed by atoms with Crippen molar-refractivity contribution in [3.05, 3.63) is 68.8 Å². The number of benzene rings is 2. The van der Waals surface area contributed by atoms with Crippen LogP contribution in [0.3, 0.4) is 0 Å². The summed E-state index contributed by atoms with van der Waals surface area (Å²) in [6.07, 6.45) is 0. The fraction of sp³-hybridized carbons (Fsp3) is 0. The van der Waals surface area contributed by atoms with E-state index in [1.807, 2.05) is 0 Å². The van der Waals surface area contributed by atoms with E-state index in [2.05, 4.69) is 10.9 Å². The quantitative estimate of drug-likeness (QED) is 0.648. The highest BCUT2D eigenvalue weighted by molar-refractivity contribution is 5.85. The average molecular weight is 311 g/mol. The molecule has 0 radical (unpaired) electrons. The molecule has 0 aliphatic carbocycles. The first-order valence-electron chi connectivity index (χ1n) is 5.57. The number of hydrogen-bond acceptors (Lipinski definition) is 4. The van der Waals surface area contributed by atoms with Crippen LogP contribution in [0, 0.1) is 20.2 Å². The molecule has 2 aromatic carbocycles. The standard InChI is InChI=1S/C12H10N4O4.ClH/c17-15(18)13-11-5-1-9(2-6-11)10-3-7-12(8-4-10)14-16(19)20;/h1-8,13-14H;1H. The van der Waals surface area contributed by atoms with Gasteiger partial charge in [-0.3, -0.25) is 0 Å². The van der Waals surface area contributed by atoms with Crippen molar-refractivity contribution in [2.24, 2.45) is 0 Å². The molecule has 8 nitrogen and oxygen atoms in total. The molecule has 0 saturated carbocycles. The summed E-state index contributed by atoms with van der Waals surface area (Å²) < 4.78 is 0. The molecule has 21 heavy (non-hydrogen) atoms. The Hall–Kier alpha value is -2.87. The second kappa shape index (κ2) is 7.06. The number of halogens is 1. The van der Waals surface area contributed by atoms with E-state index in [0.717, 1.165) is 11.1 Å². The first-order chi connectivity index (χ1) is 9.54. The van der Waals surface area contributed by atoms with Gasteiger partial charge >= 0.3 is 0 Å². The molecule has 0 aliphatic heterocycles. The van der Waals surface area contributed by atoms with Crippen LogP contribution < -0.4 is 10.9 Å². The van der Waals surface area contributed by atoms with Gasteiger partial charge in [0.15, 0.2) is 10.1 Å². The molecule has 0 aliphatic rings. The molecular weight excluding hydrogens is 300 g/mol. The lowest BCUT2D eigenvalue weighted by atomic mass is 10.1. The predicted octanol–water partition coefficient (Wildman–Crippen LogP) is 2.98. The van der Waals surface area contributed by atoms with Crippen molar-refractivity contribution < 1.29 is 10.1 Å². The summed E-state index contributed by atoms with van der Waals surface area (Å²) in [6, 6.07) is 13.2. The zero-order chi connectivity index (χ0) is 14.5. The molecule has 110 valence electrons. The summed E-state index contributed by atoms with van der Waals surface area (Å²) in [7, 11) is 0. The van der Waals surface area contributed by atoms with Gasteiger partial charge in [-0.15, -0.1) is 23.3 Å².